The summed E-state index contributed by atoms with van der Waals surface area (Å²) in [5.41, 5.74) is 2.83. The zero-order valence-corrected chi connectivity index (χ0v) is 13.5. The Balaban J connectivity index is 2.26. The predicted molar refractivity (Wildman–Crippen MR) is 89.1 cm³/mol. The van der Waals surface area contributed by atoms with Crippen molar-refractivity contribution < 1.29 is 4.39 Å². The number of para-hydroxylation sites is 1. The normalized spacial score (nSPS) is 10.8. The van der Waals surface area contributed by atoms with Crippen LogP contribution < -0.4 is 0 Å². The fraction of sp³-hybridized carbons (Fsp3) is 0. The molecule has 0 spiro atoms. The van der Waals surface area contributed by atoms with Crippen molar-refractivity contribution in [2.75, 3.05) is 0 Å². The lowest BCUT2D eigenvalue weighted by Crippen LogP contribution is -1.96. The molecule has 1 heterocycles. The van der Waals surface area contributed by atoms with Crippen molar-refractivity contribution in [1.29, 1.82) is 0 Å². The number of benzene rings is 2. The van der Waals surface area contributed by atoms with Crippen LogP contribution in [0.15, 0.2) is 58.1 Å². The Kier molecular flexibility index (Phi) is 3.76. The number of rotatable bonds is 2. The van der Waals surface area contributed by atoms with Crippen LogP contribution in [0.4, 0.5) is 4.39 Å². The Morgan fingerprint density at radius 2 is 1.85 bits per heavy atom. The highest BCUT2D eigenvalue weighted by Crippen LogP contribution is 2.27. The minimum absolute atomic E-state index is 0.252. The smallest absolute Gasteiger partial charge is 0.123 e. The van der Waals surface area contributed by atoms with Gasteiger partial charge in [-0.15, -0.1) is 0 Å². The van der Waals surface area contributed by atoms with E-state index in [1.165, 1.54) is 12.1 Å². The molecule has 0 radical (unpaired) electrons. The Morgan fingerprint density at radius 1 is 1.05 bits per heavy atom. The monoisotopic (exact) mass is 393 g/mol. The first-order chi connectivity index (χ1) is 9.65. The number of hydrogen-bond acceptors (Lipinski definition) is 0. The zero-order chi connectivity index (χ0) is 14.1. The third kappa shape index (κ3) is 2.58. The molecular weight excluding hydrogens is 385 g/mol. The summed E-state index contributed by atoms with van der Waals surface area (Å²) in [6.45, 7) is 0. The molecule has 0 amide bonds. The van der Waals surface area contributed by atoms with E-state index in [1.807, 2.05) is 24.4 Å². The highest BCUT2D eigenvalue weighted by Gasteiger charge is 2.08. The average Bonchev–Trinajstić information content (AvgIpc) is 2.82. The van der Waals surface area contributed by atoms with Gasteiger partial charge >= 0.3 is 0 Å². The molecule has 0 bridgehead atoms. The van der Waals surface area contributed by atoms with Crippen LogP contribution >= 0.6 is 31.9 Å². The molecule has 0 unspecified atom stereocenters. The maximum Gasteiger partial charge on any atom is 0.123 e. The van der Waals surface area contributed by atoms with Crippen LogP contribution in [-0.2, 0) is 0 Å². The predicted octanol–water partition coefficient (Wildman–Crippen LogP) is 5.86. The molecule has 3 rings (SSSR count). The number of aromatic nitrogens is 1. The van der Waals surface area contributed by atoms with Gasteiger partial charge in [0.15, 0.2) is 0 Å². The molecule has 100 valence electrons. The molecule has 3 aromatic rings. The Morgan fingerprint density at radius 3 is 2.65 bits per heavy atom. The van der Waals surface area contributed by atoms with Gasteiger partial charge in [0.2, 0.25) is 0 Å². The SMILES string of the molecule is Fc1ccc(-n2ccc3ccccc32)c(C=C(Br)Br)c1. The van der Waals surface area contributed by atoms with E-state index in [4.69, 9.17) is 0 Å². The summed E-state index contributed by atoms with van der Waals surface area (Å²) in [4.78, 5) is 0. The van der Waals surface area contributed by atoms with Gasteiger partial charge in [-0.25, -0.2) is 4.39 Å². The number of halogens is 3. The van der Waals surface area contributed by atoms with Crippen LogP contribution in [0.5, 0.6) is 0 Å². The highest BCUT2D eigenvalue weighted by atomic mass is 79.9. The maximum atomic E-state index is 13.5. The van der Waals surface area contributed by atoms with Gasteiger partial charge in [0.1, 0.15) is 5.82 Å². The first kappa shape index (κ1) is 13.6. The van der Waals surface area contributed by atoms with Gasteiger partial charge in [-0.3, -0.25) is 0 Å². The quantitative estimate of drug-likeness (QED) is 0.513. The van der Waals surface area contributed by atoms with Gasteiger partial charge in [-0.05, 0) is 73.7 Å². The van der Waals surface area contributed by atoms with Crippen molar-refractivity contribution in [3.63, 3.8) is 0 Å². The average molecular weight is 395 g/mol. The van der Waals surface area contributed by atoms with Crippen molar-refractivity contribution in [2.24, 2.45) is 0 Å². The van der Waals surface area contributed by atoms with Gasteiger partial charge in [0.25, 0.3) is 0 Å². The summed E-state index contributed by atoms with van der Waals surface area (Å²) in [5, 5.41) is 1.16. The Hall–Kier alpha value is -1.39. The third-order valence-electron chi connectivity index (χ3n) is 3.11. The molecule has 1 aromatic heterocycles. The first-order valence-corrected chi connectivity index (χ1v) is 7.62. The fourth-order valence-electron chi connectivity index (χ4n) is 2.27. The van der Waals surface area contributed by atoms with Crippen molar-refractivity contribution in [3.8, 4) is 5.69 Å². The summed E-state index contributed by atoms with van der Waals surface area (Å²) in [5.74, 6) is -0.252. The van der Waals surface area contributed by atoms with Gasteiger partial charge < -0.3 is 4.57 Å². The molecule has 0 saturated heterocycles. The maximum absolute atomic E-state index is 13.5. The molecular formula is C16H10Br2FN. The van der Waals surface area contributed by atoms with Crippen LogP contribution in [0.25, 0.3) is 22.7 Å². The molecule has 1 nitrogen and oxygen atoms in total. The van der Waals surface area contributed by atoms with E-state index in [0.29, 0.717) is 0 Å². The summed E-state index contributed by atoms with van der Waals surface area (Å²) >= 11 is 6.66. The lowest BCUT2D eigenvalue weighted by Gasteiger charge is -2.10. The van der Waals surface area contributed by atoms with Gasteiger partial charge in [0, 0.05) is 11.8 Å². The van der Waals surface area contributed by atoms with Crippen LogP contribution in [-0.4, -0.2) is 4.57 Å². The van der Waals surface area contributed by atoms with Crippen molar-refractivity contribution in [2.45, 2.75) is 0 Å². The van der Waals surface area contributed by atoms with Gasteiger partial charge in [-0.2, -0.15) is 0 Å². The second-order valence-electron chi connectivity index (χ2n) is 4.38. The van der Waals surface area contributed by atoms with Crippen LogP contribution in [0.3, 0.4) is 0 Å². The van der Waals surface area contributed by atoms with E-state index in [1.54, 1.807) is 6.07 Å². The van der Waals surface area contributed by atoms with Crippen molar-refractivity contribution in [1.82, 2.24) is 4.57 Å². The summed E-state index contributed by atoms with van der Waals surface area (Å²) < 4.78 is 16.3. The molecule has 0 N–H and O–H groups in total. The third-order valence-corrected chi connectivity index (χ3v) is 3.57. The van der Waals surface area contributed by atoms with Crippen molar-refractivity contribution >= 4 is 48.8 Å². The van der Waals surface area contributed by atoms with Crippen LogP contribution in [0.1, 0.15) is 5.56 Å². The van der Waals surface area contributed by atoms with Gasteiger partial charge in [0.05, 0.1) is 14.6 Å². The summed E-state index contributed by atoms with van der Waals surface area (Å²) in [6.07, 6.45) is 3.84. The topological polar surface area (TPSA) is 4.93 Å². The van der Waals surface area contributed by atoms with Crippen LogP contribution in [0, 0.1) is 5.82 Å². The fourth-order valence-corrected chi connectivity index (χ4v) is 2.76. The van der Waals surface area contributed by atoms with Crippen LogP contribution in [0.2, 0.25) is 0 Å². The molecule has 0 atom stereocenters. The molecule has 2 aromatic carbocycles. The number of nitrogens with zero attached hydrogens (tertiary/aromatic N) is 1. The molecule has 0 aliphatic carbocycles. The summed E-state index contributed by atoms with van der Waals surface area (Å²) in [7, 11) is 0. The molecule has 0 aliphatic heterocycles. The second kappa shape index (κ2) is 5.54. The molecule has 0 fully saturated rings. The van der Waals surface area contributed by atoms with E-state index in [9.17, 15) is 4.39 Å². The van der Waals surface area contributed by atoms with E-state index in [0.717, 1.165) is 25.5 Å². The lowest BCUT2D eigenvalue weighted by atomic mass is 10.1. The first-order valence-electron chi connectivity index (χ1n) is 6.04. The van der Waals surface area contributed by atoms with E-state index in [-0.39, 0.29) is 5.82 Å². The van der Waals surface area contributed by atoms with Crippen molar-refractivity contribution in [3.05, 3.63) is 69.5 Å². The lowest BCUT2D eigenvalue weighted by molar-refractivity contribution is 0.627. The van der Waals surface area contributed by atoms with E-state index < -0.39 is 0 Å². The summed E-state index contributed by atoms with van der Waals surface area (Å²) in [6, 6.07) is 15.0. The zero-order valence-electron chi connectivity index (χ0n) is 10.4. The Labute approximate surface area is 133 Å². The van der Waals surface area contributed by atoms with E-state index >= 15 is 0 Å². The van der Waals surface area contributed by atoms with E-state index in [2.05, 4.69) is 54.6 Å². The molecule has 20 heavy (non-hydrogen) atoms. The largest absolute Gasteiger partial charge is 0.316 e. The van der Waals surface area contributed by atoms with Gasteiger partial charge in [-0.1, -0.05) is 18.2 Å². The molecule has 0 saturated carbocycles. The number of hydrogen-bond donors (Lipinski definition) is 0. The number of fused-ring (bicyclic) bond motifs is 1. The molecule has 4 heteroatoms. The Bertz CT molecular complexity index is 801. The minimum Gasteiger partial charge on any atom is -0.316 e. The highest BCUT2D eigenvalue weighted by molar-refractivity contribution is 9.28. The standard InChI is InChI=1S/C16H10Br2FN/c17-16(18)10-12-9-13(19)5-6-15(12)20-8-7-11-3-1-2-4-14(11)20/h1-10H. The second-order valence-corrected chi connectivity index (χ2v) is 7.15. The molecule has 0 aliphatic rings. The minimum atomic E-state index is -0.252.